The molecule has 9 nitrogen and oxygen atoms in total. The average molecular weight is 358 g/mol. The van der Waals surface area contributed by atoms with E-state index in [1.807, 2.05) is 13.8 Å². The molecule has 0 aliphatic heterocycles. The third-order valence-corrected chi connectivity index (χ3v) is 3.94. The van der Waals surface area contributed by atoms with Crippen LogP contribution in [0.25, 0.3) is 0 Å². The van der Waals surface area contributed by atoms with Gasteiger partial charge in [0.2, 0.25) is 5.69 Å². The molecule has 0 fully saturated rings. The lowest BCUT2D eigenvalue weighted by molar-refractivity contribution is -0.385. The third kappa shape index (κ3) is 2.79. The number of nitro groups is 1. The summed E-state index contributed by atoms with van der Waals surface area (Å²) in [4.78, 5) is 21.1. The van der Waals surface area contributed by atoms with Gasteiger partial charge in [-0.25, -0.2) is 4.79 Å². The van der Waals surface area contributed by atoms with Crippen molar-refractivity contribution >= 4 is 27.6 Å². The number of carboxylic acid groups (broad SMARTS) is 1. The second-order valence-electron chi connectivity index (χ2n) is 4.28. The van der Waals surface area contributed by atoms with Gasteiger partial charge in [0.25, 0.3) is 0 Å². The largest absolute Gasteiger partial charge is 0.476 e. The number of hydrogen-bond donors (Lipinski definition) is 1. The second kappa shape index (κ2) is 5.64. The molecule has 0 spiro atoms. The molecule has 0 saturated heterocycles. The highest BCUT2D eigenvalue weighted by Crippen LogP contribution is 2.23. The van der Waals surface area contributed by atoms with E-state index in [0.717, 1.165) is 22.1 Å². The lowest BCUT2D eigenvalue weighted by Gasteiger charge is -2.05. The standard InChI is InChI=1S/C11H12BrN5O4/c1-3-16-7(9(12)6(2)13-16)4-15-5-8(17(20)21)10(14-15)11(18)19/h5H,3-4H2,1-2H3,(H,18,19). The molecule has 10 heteroatoms. The maximum absolute atomic E-state index is 11.0. The first-order valence-electron chi connectivity index (χ1n) is 6.02. The van der Waals surface area contributed by atoms with Gasteiger partial charge in [-0.05, 0) is 29.8 Å². The monoisotopic (exact) mass is 357 g/mol. The van der Waals surface area contributed by atoms with Crippen molar-refractivity contribution in [1.82, 2.24) is 19.6 Å². The molecule has 0 atom stereocenters. The zero-order valence-corrected chi connectivity index (χ0v) is 12.9. The van der Waals surface area contributed by atoms with Crippen molar-refractivity contribution in [1.29, 1.82) is 0 Å². The van der Waals surface area contributed by atoms with Gasteiger partial charge in [0.1, 0.15) is 6.20 Å². The summed E-state index contributed by atoms with van der Waals surface area (Å²) >= 11 is 3.41. The molecular formula is C11H12BrN5O4. The number of nitrogens with zero attached hydrogens (tertiary/aromatic N) is 5. The fourth-order valence-corrected chi connectivity index (χ4v) is 2.36. The molecule has 0 aliphatic rings. The van der Waals surface area contributed by atoms with Crippen LogP contribution in [0, 0.1) is 17.0 Å². The van der Waals surface area contributed by atoms with Crippen molar-refractivity contribution in [3.63, 3.8) is 0 Å². The Hall–Kier alpha value is -2.23. The highest BCUT2D eigenvalue weighted by molar-refractivity contribution is 9.10. The van der Waals surface area contributed by atoms with Gasteiger partial charge in [0.15, 0.2) is 0 Å². The highest BCUT2D eigenvalue weighted by Gasteiger charge is 2.26. The van der Waals surface area contributed by atoms with E-state index >= 15 is 0 Å². The van der Waals surface area contributed by atoms with Crippen LogP contribution in [0.2, 0.25) is 0 Å². The molecule has 1 N–H and O–H groups in total. The Balaban J connectivity index is 2.43. The highest BCUT2D eigenvalue weighted by atomic mass is 79.9. The van der Waals surface area contributed by atoms with Gasteiger partial charge in [-0.15, -0.1) is 0 Å². The topological polar surface area (TPSA) is 116 Å². The molecule has 112 valence electrons. The molecule has 2 aromatic heterocycles. The summed E-state index contributed by atoms with van der Waals surface area (Å²) < 4.78 is 3.74. The Labute approximate surface area is 127 Å². The van der Waals surface area contributed by atoms with Crippen molar-refractivity contribution in [3.8, 4) is 0 Å². The predicted molar refractivity (Wildman–Crippen MR) is 75.3 cm³/mol. The number of aromatic carboxylic acids is 1. The SMILES string of the molecule is CCn1nc(C)c(Br)c1Cn1cc([N+](=O)[O-])c(C(=O)O)n1. The average Bonchev–Trinajstić information content (AvgIpc) is 2.95. The van der Waals surface area contributed by atoms with Crippen LogP contribution in [0.1, 0.15) is 28.8 Å². The Kier molecular flexibility index (Phi) is 4.07. The molecule has 0 aliphatic carbocycles. The van der Waals surface area contributed by atoms with E-state index in [1.54, 1.807) is 4.68 Å². The van der Waals surface area contributed by atoms with E-state index < -0.39 is 22.3 Å². The quantitative estimate of drug-likeness (QED) is 0.644. The molecule has 0 aromatic carbocycles. The van der Waals surface area contributed by atoms with Crippen LogP contribution in [-0.2, 0) is 13.1 Å². The third-order valence-electron chi connectivity index (χ3n) is 2.91. The van der Waals surface area contributed by atoms with Crippen LogP contribution in [0.15, 0.2) is 10.7 Å². The minimum absolute atomic E-state index is 0.184. The summed E-state index contributed by atoms with van der Waals surface area (Å²) in [5.74, 6) is -1.43. The minimum atomic E-state index is -1.43. The van der Waals surface area contributed by atoms with Crippen LogP contribution < -0.4 is 0 Å². The van der Waals surface area contributed by atoms with Crippen LogP contribution in [0.3, 0.4) is 0 Å². The van der Waals surface area contributed by atoms with Crippen LogP contribution in [-0.4, -0.2) is 35.6 Å². The van der Waals surface area contributed by atoms with E-state index in [-0.39, 0.29) is 6.54 Å². The van der Waals surface area contributed by atoms with Gasteiger partial charge in [-0.3, -0.25) is 19.5 Å². The van der Waals surface area contributed by atoms with E-state index in [1.165, 1.54) is 4.68 Å². The normalized spacial score (nSPS) is 10.8. The summed E-state index contributed by atoms with van der Waals surface area (Å²) in [7, 11) is 0. The number of rotatable bonds is 5. The molecule has 0 bridgehead atoms. The van der Waals surface area contributed by atoms with Crippen molar-refractivity contribution in [2.75, 3.05) is 0 Å². The summed E-state index contributed by atoms with van der Waals surface area (Å²) in [6.07, 6.45) is 1.11. The Morgan fingerprint density at radius 2 is 2.19 bits per heavy atom. The van der Waals surface area contributed by atoms with Gasteiger partial charge in [-0.2, -0.15) is 10.2 Å². The Morgan fingerprint density at radius 1 is 1.52 bits per heavy atom. The molecule has 2 aromatic rings. The number of carbonyl (C=O) groups is 1. The molecule has 21 heavy (non-hydrogen) atoms. The van der Waals surface area contributed by atoms with Gasteiger partial charge in [-0.1, -0.05) is 0 Å². The number of halogens is 1. The maximum Gasteiger partial charge on any atom is 0.363 e. The minimum Gasteiger partial charge on any atom is -0.476 e. The number of carboxylic acids is 1. The van der Waals surface area contributed by atoms with E-state index in [0.29, 0.717) is 6.54 Å². The molecule has 0 unspecified atom stereocenters. The van der Waals surface area contributed by atoms with Crippen LogP contribution >= 0.6 is 15.9 Å². The van der Waals surface area contributed by atoms with E-state index in [9.17, 15) is 14.9 Å². The van der Waals surface area contributed by atoms with E-state index in [4.69, 9.17) is 5.11 Å². The first kappa shape index (κ1) is 15.2. The first-order valence-corrected chi connectivity index (χ1v) is 6.81. The van der Waals surface area contributed by atoms with Crippen LogP contribution in [0.4, 0.5) is 5.69 Å². The predicted octanol–water partition coefficient (Wildman–Crippen LogP) is 1.83. The molecule has 0 amide bonds. The molecule has 2 heterocycles. The van der Waals surface area contributed by atoms with Crippen molar-refractivity contribution < 1.29 is 14.8 Å². The van der Waals surface area contributed by atoms with Gasteiger partial charge in [0.05, 0.1) is 27.3 Å². The number of aryl methyl sites for hydroxylation is 2. The van der Waals surface area contributed by atoms with Crippen molar-refractivity contribution in [2.24, 2.45) is 0 Å². The fourth-order valence-electron chi connectivity index (χ4n) is 1.95. The van der Waals surface area contributed by atoms with Crippen LogP contribution in [0.5, 0.6) is 0 Å². The van der Waals surface area contributed by atoms with Crippen molar-refractivity contribution in [3.05, 3.63) is 37.9 Å². The number of aromatic nitrogens is 4. The smallest absolute Gasteiger partial charge is 0.363 e. The molecule has 0 radical (unpaired) electrons. The molecule has 2 rings (SSSR count). The van der Waals surface area contributed by atoms with Gasteiger partial charge < -0.3 is 5.11 Å². The fraction of sp³-hybridized carbons (Fsp3) is 0.364. The van der Waals surface area contributed by atoms with Gasteiger partial charge in [0, 0.05) is 6.54 Å². The zero-order chi connectivity index (χ0) is 15.7. The number of hydrogen-bond acceptors (Lipinski definition) is 5. The summed E-state index contributed by atoms with van der Waals surface area (Å²) in [5, 5.41) is 27.9. The molecular weight excluding hydrogens is 346 g/mol. The summed E-state index contributed by atoms with van der Waals surface area (Å²) in [6, 6.07) is 0. The van der Waals surface area contributed by atoms with Crippen molar-refractivity contribution in [2.45, 2.75) is 26.9 Å². The molecule has 0 saturated carbocycles. The first-order chi connectivity index (χ1) is 9.85. The Bertz CT molecular complexity index is 689. The zero-order valence-electron chi connectivity index (χ0n) is 11.3. The Morgan fingerprint density at radius 3 is 2.67 bits per heavy atom. The van der Waals surface area contributed by atoms with Gasteiger partial charge >= 0.3 is 11.7 Å². The maximum atomic E-state index is 11.0. The summed E-state index contributed by atoms with van der Waals surface area (Å²) in [6.45, 7) is 4.55. The summed E-state index contributed by atoms with van der Waals surface area (Å²) in [5.41, 5.74) is 0.449. The van der Waals surface area contributed by atoms with E-state index in [2.05, 4.69) is 26.1 Å². The lowest BCUT2D eigenvalue weighted by atomic mass is 10.3. The second-order valence-corrected chi connectivity index (χ2v) is 5.08. The lowest BCUT2D eigenvalue weighted by Crippen LogP contribution is -2.10.